The number of aliphatic carboxylic acids is 1. The van der Waals surface area contributed by atoms with Crippen molar-refractivity contribution in [1.82, 2.24) is 15.3 Å². The van der Waals surface area contributed by atoms with Crippen LogP contribution in [0, 0.1) is 12.8 Å². The number of carbonyl (C=O) groups is 2. The monoisotopic (exact) mass is 277 g/mol. The first-order valence-electron chi connectivity index (χ1n) is 6.76. The summed E-state index contributed by atoms with van der Waals surface area (Å²) in [7, 11) is 0. The van der Waals surface area contributed by atoms with Gasteiger partial charge in [-0.05, 0) is 26.7 Å². The summed E-state index contributed by atoms with van der Waals surface area (Å²) in [5.41, 5.74) is 0.216. The van der Waals surface area contributed by atoms with E-state index in [1.54, 1.807) is 13.8 Å². The Morgan fingerprint density at radius 1 is 1.35 bits per heavy atom. The molecule has 20 heavy (non-hydrogen) atoms. The quantitative estimate of drug-likeness (QED) is 0.874. The van der Waals surface area contributed by atoms with Crippen LogP contribution in [-0.2, 0) is 4.79 Å². The Labute approximate surface area is 117 Å². The van der Waals surface area contributed by atoms with Gasteiger partial charge in [-0.3, -0.25) is 14.6 Å². The smallest absolute Gasteiger partial charge is 0.308 e. The SMILES string of the molecule is Cc1cnc(C(=O)NC2(C)CCCCC2C(=O)O)cn1. The maximum atomic E-state index is 12.2. The van der Waals surface area contributed by atoms with Crippen LogP contribution in [-0.4, -0.2) is 32.5 Å². The highest BCUT2D eigenvalue weighted by molar-refractivity contribution is 5.93. The van der Waals surface area contributed by atoms with Crippen LogP contribution in [0.5, 0.6) is 0 Å². The van der Waals surface area contributed by atoms with Gasteiger partial charge in [0.05, 0.1) is 23.3 Å². The number of nitrogens with one attached hydrogen (secondary N) is 1. The van der Waals surface area contributed by atoms with Crippen molar-refractivity contribution in [3.8, 4) is 0 Å². The molecule has 0 spiro atoms. The maximum Gasteiger partial charge on any atom is 0.308 e. The molecule has 1 heterocycles. The molecule has 1 aromatic heterocycles. The van der Waals surface area contributed by atoms with Crippen LogP contribution in [0.2, 0.25) is 0 Å². The average molecular weight is 277 g/mol. The Hall–Kier alpha value is -1.98. The van der Waals surface area contributed by atoms with Gasteiger partial charge >= 0.3 is 5.97 Å². The zero-order valence-electron chi connectivity index (χ0n) is 11.7. The molecule has 1 aromatic rings. The number of aromatic nitrogens is 2. The van der Waals surface area contributed by atoms with Crippen molar-refractivity contribution in [2.24, 2.45) is 5.92 Å². The molecule has 1 amide bonds. The minimum absolute atomic E-state index is 0.214. The summed E-state index contributed by atoms with van der Waals surface area (Å²) in [4.78, 5) is 31.6. The second-order valence-corrected chi connectivity index (χ2v) is 5.55. The number of rotatable bonds is 3. The van der Waals surface area contributed by atoms with E-state index in [-0.39, 0.29) is 11.6 Å². The first-order chi connectivity index (χ1) is 9.42. The van der Waals surface area contributed by atoms with E-state index >= 15 is 0 Å². The van der Waals surface area contributed by atoms with Gasteiger partial charge in [0.2, 0.25) is 0 Å². The van der Waals surface area contributed by atoms with Gasteiger partial charge in [-0.25, -0.2) is 4.98 Å². The third kappa shape index (κ3) is 2.95. The molecule has 1 aliphatic carbocycles. The maximum absolute atomic E-state index is 12.2. The summed E-state index contributed by atoms with van der Waals surface area (Å²) < 4.78 is 0. The molecule has 108 valence electrons. The predicted molar refractivity (Wildman–Crippen MR) is 72.2 cm³/mol. The van der Waals surface area contributed by atoms with E-state index in [1.165, 1.54) is 12.4 Å². The molecule has 2 unspecified atom stereocenters. The van der Waals surface area contributed by atoms with Crippen LogP contribution in [0.3, 0.4) is 0 Å². The van der Waals surface area contributed by atoms with Gasteiger partial charge < -0.3 is 10.4 Å². The highest BCUT2D eigenvalue weighted by Gasteiger charge is 2.42. The van der Waals surface area contributed by atoms with E-state index in [2.05, 4.69) is 15.3 Å². The van der Waals surface area contributed by atoms with Crippen molar-refractivity contribution in [1.29, 1.82) is 0 Å². The normalized spacial score (nSPS) is 26.0. The van der Waals surface area contributed by atoms with Crippen LogP contribution >= 0.6 is 0 Å². The Kier molecular flexibility index (Phi) is 4.01. The number of hydrogen-bond acceptors (Lipinski definition) is 4. The lowest BCUT2D eigenvalue weighted by atomic mass is 9.74. The number of nitrogens with zero attached hydrogens (tertiary/aromatic N) is 2. The van der Waals surface area contributed by atoms with Gasteiger partial charge in [0.1, 0.15) is 5.69 Å². The molecule has 2 rings (SSSR count). The number of carbonyl (C=O) groups excluding carboxylic acids is 1. The summed E-state index contributed by atoms with van der Waals surface area (Å²) in [5, 5.41) is 12.2. The van der Waals surface area contributed by atoms with Crippen LogP contribution < -0.4 is 5.32 Å². The Morgan fingerprint density at radius 3 is 2.70 bits per heavy atom. The summed E-state index contributed by atoms with van der Waals surface area (Å²) >= 11 is 0. The van der Waals surface area contributed by atoms with E-state index in [1.807, 2.05) is 0 Å². The average Bonchev–Trinajstić information content (AvgIpc) is 2.39. The minimum Gasteiger partial charge on any atom is -0.481 e. The van der Waals surface area contributed by atoms with Gasteiger partial charge in [-0.2, -0.15) is 0 Å². The molecule has 0 radical (unpaired) electrons. The standard InChI is InChI=1S/C14H19N3O3/c1-9-7-16-11(8-15-9)12(18)17-14(2)6-4-3-5-10(14)13(19)20/h7-8,10H,3-6H2,1-2H3,(H,17,18)(H,19,20). The van der Waals surface area contributed by atoms with Gasteiger partial charge in [-0.1, -0.05) is 12.8 Å². The molecular formula is C14H19N3O3. The van der Waals surface area contributed by atoms with Crippen molar-refractivity contribution in [2.45, 2.75) is 45.1 Å². The molecule has 1 saturated carbocycles. The zero-order chi connectivity index (χ0) is 14.8. The van der Waals surface area contributed by atoms with E-state index in [0.29, 0.717) is 12.8 Å². The molecule has 0 aliphatic heterocycles. The molecule has 0 aromatic carbocycles. The topological polar surface area (TPSA) is 92.2 Å². The van der Waals surface area contributed by atoms with E-state index in [0.717, 1.165) is 18.5 Å². The lowest BCUT2D eigenvalue weighted by Gasteiger charge is -2.39. The number of hydrogen-bond donors (Lipinski definition) is 2. The number of carboxylic acid groups (broad SMARTS) is 1. The van der Waals surface area contributed by atoms with Crippen LogP contribution in [0.1, 0.15) is 48.8 Å². The Morgan fingerprint density at radius 2 is 2.10 bits per heavy atom. The van der Waals surface area contributed by atoms with Crippen LogP contribution in [0.25, 0.3) is 0 Å². The van der Waals surface area contributed by atoms with E-state index in [9.17, 15) is 14.7 Å². The van der Waals surface area contributed by atoms with Gasteiger partial charge in [0, 0.05) is 6.20 Å². The molecule has 2 atom stereocenters. The first-order valence-corrected chi connectivity index (χ1v) is 6.76. The van der Waals surface area contributed by atoms with Gasteiger partial charge in [-0.15, -0.1) is 0 Å². The van der Waals surface area contributed by atoms with Gasteiger partial charge in [0.25, 0.3) is 5.91 Å². The number of aryl methyl sites for hydroxylation is 1. The minimum atomic E-state index is -0.859. The third-order valence-electron chi connectivity index (χ3n) is 3.92. The lowest BCUT2D eigenvalue weighted by Crippen LogP contribution is -2.55. The van der Waals surface area contributed by atoms with Crippen molar-refractivity contribution in [3.05, 3.63) is 23.8 Å². The molecule has 6 heteroatoms. The largest absolute Gasteiger partial charge is 0.481 e. The molecule has 2 N–H and O–H groups in total. The lowest BCUT2D eigenvalue weighted by molar-refractivity contribution is -0.145. The molecule has 0 saturated heterocycles. The van der Waals surface area contributed by atoms with Crippen LogP contribution in [0.15, 0.2) is 12.4 Å². The third-order valence-corrected chi connectivity index (χ3v) is 3.92. The van der Waals surface area contributed by atoms with Crippen LogP contribution in [0.4, 0.5) is 0 Å². The second-order valence-electron chi connectivity index (χ2n) is 5.55. The second kappa shape index (κ2) is 5.56. The highest BCUT2D eigenvalue weighted by atomic mass is 16.4. The fraction of sp³-hybridized carbons (Fsp3) is 0.571. The predicted octanol–water partition coefficient (Wildman–Crippen LogP) is 1.55. The van der Waals surface area contributed by atoms with Crippen molar-refractivity contribution in [3.63, 3.8) is 0 Å². The summed E-state index contributed by atoms with van der Waals surface area (Å²) in [6.07, 6.45) is 5.98. The van der Waals surface area contributed by atoms with Crippen molar-refractivity contribution < 1.29 is 14.7 Å². The molecular weight excluding hydrogens is 258 g/mol. The molecule has 6 nitrogen and oxygen atoms in total. The highest BCUT2D eigenvalue weighted by Crippen LogP contribution is 2.34. The molecule has 0 bridgehead atoms. The Bertz CT molecular complexity index is 515. The fourth-order valence-electron chi connectivity index (χ4n) is 2.71. The Balaban J connectivity index is 2.15. The molecule has 1 aliphatic rings. The van der Waals surface area contributed by atoms with Crippen molar-refractivity contribution >= 4 is 11.9 Å². The fourth-order valence-corrected chi connectivity index (χ4v) is 2.71. The van der Waals surface area contributed by atoms with Crippen molar-refractivity contribution in [2.75, 3.05) is 0 Å². The number of carboxylic acids is 1. The number of amides is 1. The van der Waals surface area contributed by atoms with E-state index in [4.69, 9.17) is 0 Å². The zero-order valence-corrected chi connectivity index (χ0v) is 11.7. The van der Waals surface area contributed by atoms with Gasteiger partial charge in [0.15, 0.2) is 0 Å². The summed E-state index contributed by atoms with van der Waals surface area (Å²) in [5.74, 6) is -1.78. The summed E-state index contributed by atoms with van der Waals surface area (Å²) in [6.45, 7) is 3.59. The van der Waals surface area contributed by atoms with E-state index < -0.39 is 17.4 Å². The molecule has 1 fully saturated rings. The first kappa shape index (κ1) is 14.4. The summed E-state index contributed by atoms with van der Waals surface area (Å²) in [6, 6.07) is 0.